The number of hydrogen-bond acceptors (Lipinski definition) is 14. The molecule has 0 aliphatic carbocycles. The number of carbonyl (C=O) groups is 5. The van der Waals surface area contributed by atoms with Crippen molar-refractivity contribution in [2.45, 2.75) is 71.4 Å². The molecular weight excluding hydrogens is 475 g/mol. The van der Waals surface area contributed by atoms with Crippen LogP contribution in [0, 0.1) is 0 Å². The van der Waals surface area contributed by atoms with Crippen molar-refractivity contribution < 1.29 is 71.3 Å². The lowest BCUT2D eigenvalue weighted by atomic mass is 9.94. The average Bonchev–Trinajstić information content (AvgIpc) is 2.60. The van der Waals surface area contributed by atoms with E-state index in [0.717, 1.165) is 34.6 Å². The Balaban J connectivity index is 3.58. The molecule has 1 aliphatic rings. The maximum atomic E-state index is 11.8. The molecule has 33 heavy (non-hydrogen) atoms. The molecule has 1 aliphatic heterocycles. The van der Waals surface area contributed by atoms with Crippen LogP contribution in [0.3, 0.4) is 0 Å². The van der Waals surface area contributed by atoms with Crippen LogP contribution in [0.5, 0.6) is 0 Å². The molecular formula is C17H24O15P-. The maximum absolute atomic E-state index is 11.8. The second-order valence-electron chi connectivity index (χ2n) is 6.72. The molecule has 0 radical (unpaired) electrons. The van der Waals surface area contributed by atoms with Gasteiger partial charge in [-0.3, -0.25) is 33.1 Å². The van der Waals surface area contributed by atoms with Gasteiger partial charge in [0.05, 0.1) is 0 Å². The number of esters is 5. The van der Waals surface area contributed by atoms with Gasteiger partial charge >= 0.3 is 29.8 Å². The van der Waals surface area contributed by atoms with Crippen molar-refractivity contribution in [2.24, 2.45) is 0 Å². The lowest BCUT2D eigenvalue weighted by molar-refractivity contribution is -0.317. The Morgan fingerprint density at radius 3 is 1.76 bits per heavy atom. The van der Waals surface area contributed by atoms with Gasteiger partial charge in [-0.25, -0.2) is 0 Å². The summed E-state index contributed by atoms with van der Waals surface area (Å²) in [7, 11) is -5.55. The van der Waals surface area contributed by atoms with Crippen molar-refractivity contribution in [3.8, 4) is 0 Å². The Bertz CT molecular complexity index is 804. The summed E-state index contributed by atoms with van der Waals surface area (Å²) in [6, 6.07) is 0. The average molecular weight is 499 g/mol. The van der Waals surface area contributed by atoms with Crippen LogP contribution in [-0.4, -0.2) is 78.2 Å². The first-order valence-corrected chi connectivity index (χ1v) is 10.8. The van der Waals surface area contributed by atoms with Gasteiger partial charge in [0.1, 0.15) is 12.7 Å². The molecule has 7 atom stereocenters. The van der Waals surface area contributed by atoms with Crippen LogP contribution in [0.25, 0.3) is 0 Å². The molecule has 1 rings (SSSR count). The molecule has 0 bridgehead atoms. The SMILES string of the molecule is CC(=O)OC[C@@H](OC(C)=O)[C@H]1O[C@H](OP(=O)([O-])O)[C@@H](OC(C)=O)[C@@H](OC(C)=O)[C@@H]1OC(C)=O. The first kappa shape index (κ1) is 28.5. The fourth-order valence-corrected chi connectivity index (χ4v) is 3.36. The smallest absolute Gasteiger partial charge is 0.303 e. The highest BCUT2D eigenvalue weighted by molar-refractivity contribution is 7.44. The number of hydrogen-bond donors (Lipinski definition) is 1. The molecule has 16 heteroatoms. The normalized spacial score (nSPS) is 27.3. The van der Waals surface area contributed by atoms with Crippen LogP contribution >= 0.6 is 7.82 Å². The topological polar surface area (TPSA) is 210 Å². The van der Waals surface area contributed by atoms with E-state index in [9.17, 15) is 33.4 Å². The zero-order valence-corrected chi connectivity index (χ0v) is 19.2. The summed E-state index contributed by atoms with van der Waals surface area (Å²) < 4.78 is 46.3. The van der Waals surface area contributed by atoms with E-state index in [1.807, 2.05) is 0 Å². The summed E-state index contributed by atoms with van der Waals surface area (Å²) >= 11 is 0. The van der Waals surface area contributed by atoms with Crippen molar-refractivity contribution in [1.82, 2.24) is 0 Å². The molecule has 0 aromatic carbocycles. The van der Waals surface area contributed by atoms with Crippen LogP contribution in [-0.2, 0) is 61.5 Å². The minimum absolute atomic E-state index is 0.663. The van der Waals surface area contributed by atoms with E-state index in [-0.39, 0.29) is 0 Å². The minimum atomic E-state index is -5.55. The third kappa shape index (κ3) is 9.84. The Morgan fingerprint density at radius 2 is 1.33 bits per heavy atom. The quantitative estimate of drug-likeness (QED) is 0.217. The summed E-state index contributed by atoms with van der Waals surface area (Å²) in [6.07, 6.45) is -10.7. The molecule has 1 saturated heterocycles. The van der Waals surface area contributed by atoms with E-state index >= 15 is 0 Å². The standard InChI is InChI=1S/C17H25O15P/c1-7(18)26-6-12(27-8(2)19)13-14(28-9(3)20)15(29-10(4)21)16(30-11(5)22)17(31-13)32-33(23,24)25/h12-17H,6H2,1-5H3,(H2,23,24,25)/p-1/t12-,13-,14-,15+,16+,17-/m1/s1. The van der Waals surface area contributed by atoms with Gasteiger partial charge in [-0.2, -0.15) is 0 Å². The van der Waals surface area contributed by atoms with Gasteiger partial charge in [-0.15, -0.1) is 0 Å². The highest BCUT2D eigenvalue weighted by atomic mass is 31.2. The number of phosphoric acid groups is 1. The van der Waals surface area contributed by atoms with Crippen molar-refractivity contribution in [2.75, 3.05) is 6.61 Å². The van der Waals surface area contributed by atoms with Crippen molar-refractivity contribution in [3.63, 3.8) is 0 Å². The lowest BCUT2D eigenvalue weighted by Gasteiger charge is -2.46. The van der Waals surface area contributed by atoms with Crippen molar-refractivity contribution in [3.05, 3.63) is 0 Å². The van der Waals surface area contributed by atoms with Crippen molar-refractivity contribution in [1.29, 1.82) is 0 Å². The Hall–Kier alpha value is -2.58. The van der Waals surface area contributed by atoms with Gasteiger partial charge in [0, 0.05) is 34.6 Å². The Kier molecular flexibility index (Phi) is 10.4. The Labute approximate surface area is 187 Å². The van der Waals surface area contributed by atoms with Crippen LogP contribution in [0.2, 0.25) is 0 Å². The van der Waals surface area contributed by atoms with Crippen molar-refractivity contribution >= 4 is 37.7 Å². The first-order chi connectivity index (χ1) is 15.1. The third-order valence-corrected chi connectivity index (χ3v) is 4.28. The monoisotopic (exact) mass is 499 g/mol. The molecule has 0 spiro atoms. The number of carbonyl (C=O) groups excluding carboxylic acids is 5. The van der Waals surface area contributed by atoms with E-state index in [4.69, 9.17) is 33.3 Å². The second-order valence-corrected chi connectivity index (χ2v) is 7.86. The van der Waals surface area contributed by atoms with E-state index in [1.165, 1.54) is 0 Å². The zero-order chi connectivity index (χ0) is 25.5. The molecule has 0 saturated carbocycles. The molecule has 0 aromatic heterocycles. The van der Waals surface area contributed by atoms with Gasteiger partial charge in [-0.05, 0) is 0 Å². The molecule has 1 N–H and O–H groups in total. The fourth-order valence-electron chi connectivity index (χ4n) is 2.93. The van der Waals surface area contributed by atoms with E-state index in [1.54, 1.807) is 0 Å². The Morgan fingerprint density at radius 1 is 0.848 bits per heavy atom. The summed E-state index contributed by atoms with van der Waals surface area (Å²) in [5.41, 5.74) is 0. The van der Waals surface area contributed by atoms with Gasteiger partial charge < -0.3 is 38.2 Å². The second kappa shape index (κ2) is 12.0. The van der Waals surface area contributed by atoms with E-state index < -0.39 is 81.1 Å². The molecule has 1 fully saturated rings. The number of rotatable bonds is 9. The van der Waals surface area contributed by atoms with Gasteiger partial charge in [-0.1, -0.05) is 0 Å². The molecule has 0 aromatic rings. The van der Waals surface area contributed by atoms with E-state index in [0.29, 0.717) is 0 Å². The van der Waals surface area contributed by atoms with Gasteiger partial charge in [0.15, 0.2) is 24.4 Å². The fraction of sp³-hybridized carbons (Fsp3) is 0.706. The van der Waals surface area contributed by atoms with Crippen LogP contribution in [0.1, 0.15) is 34.6 Å². The third-order valence-electron chi connectivity index (χ3n) is 3.81. The summed E-state index contributed by atoms with van der Waals surface area (Å²) in [4.78, 5) is 78.5. The molecule has 1 heterocycles. The van der Waals surface area contributed by atoms with Crippen LogP contribution in [0.4, 0.5) is 0 Å². The summed E-state index contributed by atoms with van der Waals surface area (Å²) in [6.45, 7) is 4.21. The predicted octanol–water partition coefficient (Wildman–Crippen LogP) is -1.52. The highest BCUT2D eigenvalue weighted by Crippen LogP contribution is 2.40. The van der Waals surface area contributed by atoms with Crippen LogP contribution < -0.4 is 4.89 Å². The first-order valence-electron chi connectivity index (χ1n) is 9.30. The van der Waals surface area contributed by atoms with Crippen LogP contribution in [0.15, 0.2) is 0 Å². The summed E-state index contributed by atoms with van der Waals surface area (Å²) in [5.74, 6) is -4.64. The number of phosphoric ester groups is 1. The zero-order valence-electron chi connectivity index (χ0n) is 18.3. The molecule has 1 unspecified atom stereocenters. The largest absolute Gasteiger partial charge is 0.756 e. The molecule has 0 amide bonds. The molecule has 188 valence electrons. The number of ether oxygens (including phenoxy) is 6. The molecule has 15 nitrogen and oxygen atoms in total. The highest BCUT2D eigenvalue weighted by Gasteiger charge is 2.56. The predicted molar refractivity (Wildman–Crippen MR) is 98.4 cm³/mol. The lowest BCUT2D eigenvalue weighted by Crippen LogP contribution is -2.65. The minimum Gasteiger partial charge on any atom is -0.756 e. The summed E-state index contributed by atoms with van der Waals surface area (Å²) in [5, 5.41) is 0. The van der Waals surface area contributed by atoms with Gasteiger partial charge in [0.25, 0.3) is 7.82 Å². The van der Waals surface area contributed by atoms with Gasteiger partial charge in [0.2, 0.25) is 6.29 Å². The maximum Gasteiger partial charge on any atom is 0.303 e. The van der Waals surface area contributed by atoms with E-state index in [2.05, 4.69) is 4.52 Å².